The molecule has 1 aromatic rings. The molecule has 0 bridgehead atoms. The second-order valence-electron chi connectivity index (χ2n) is 3.47. The molecule has 0 aliphatic carbocycles. The Balaban J connectivity index is 2.86. The van der Waals surface area contributed by atoms with Gasteiger partial charge in [-0.15, -0.1) is 0 Å². The van der Waals surface area contributed by atoms with Crippen molar-refractivity contribution in [3.05, 3.63) is 34.9 Å². The number of halogens is 3. The smallest absolute Gasteiger partial charge is 0.00718 e. The van der Waals surface area contributed by atoms with Gasteiger partial charge in [-0.05, 0) is 36.0 Å². The predicted octanol–water partition coefficient (Wildman–Crippen LogP) is 4.50. The molecule has 0 atom stereocenters. The van der Waals surface area contributed by atoms with E-state index in [4.69, 9.17) is 0 Å². The van der Waals surface area contributed by atoms with Gasteiger partial charge in [-0.3, -0.25) is 0 Å². The Morgan fingerprint density at radius 2 is 0.867 bits per heavy atom. The van der Waals surface area contributed by atoms with Crippen LogP contribution in [0.3, 0.4) is 0 Å². The summed E-state index contributed by atoms with van der Waals surface area (Å²) < 4.78 is 0. The van der Waals surface area contributed by atoms with Crippen LogP contribution < -0.4 is 0 Å². The highest BCUT2D eigenvalue weighted by Crippen LogP contribution is 2.14. The fourth-order valence-corrected chi connectivity index (χ4v) is 2.97. The van der Waals surface area contributed by atoms with Crippen LogP contribution in [0.15, 0.2) is 18.2 Å². The standard InChI is InChI=1S/C12H15Br3/c13-4-1-10-7-11(2-5-14)9-12(8-10)3-6-15/h7-9H,1-6H2. The maximum atomic E-state index is 3.49. The van der Waals surface area contributed by atoms with Crippen LogP contribution in [0, 0.1) is 0 Å². The van der Waals surface area contributed by atoms with Crippen LogP contribution in [0.2, 0.25) is 0 Å². The van der Waals surface area contributed by atoms with Crippen molar-refractivity contribution < 1.29 is 0 Å². The first-order valence-corrected chi connectivity index (χ1v) is 8.46. The van der Waals surface area contributed by atoms with Gasteiger partial charge in [-0.2, -0.15) is 0 Å². The zero-order valence-electron chi connectivity index (χ0n) is 8.61. The molecular formula is C12H15Br3. The van der Waals surface area contributed by atoms with Crippen LogP contribution in [-0.2, 0) is 19.3 Å². The molecule has 0 spiro atoms. The summed E-state index contributed by atoms with van der Waals surface area (Å²) >= 11 is 10.5. The van der Waals surface area contributed by atoms with E-state index in [2.05, 4.69) is 66.0 Å². The van der Waals surface area contributed by atoms with E-state index in [-0.39, 0.29) is 0 Å². The summed E-state index contributed by atoms with van der Waals surface area (Å²) in [7, 11) is 0. The minimum atomic E-state index is 1.04. The van der Waals surface area contributed by atoms with Crippen LogP contribution in [0.4, 0.5) is 0 Å². The molecule has 0 heterocycles. The van der Waals surface area contributed by atoms with Gasteiger partial charge in [0.15, 0.2) is 0 Å². The Bertz CT molecular complexity index is 237. The van der Waals surface area contributed by atoms with E-state index in [0.717, 1.165) is 35.3 Å². The molecular weight excluding hydrogens is 384 g/mol. The lowest BCUT2D eigenvalue weighted by Crippen LogP contribution is -1.96. The van der Waals surface area contributed by atoms with Gasteiger partial charge in [0.05, 0.1) is 0 Å². The number of hydrogen-bond acceptors (Lipinski definition) is 0. The molecule has 0 radical (unpaired) electrons. The largest absolute Gasteiger partial charge is 0.0924 e. The van der Waals surface area contributed by atoms with Crippen molar-refractivity contribution in [2.45, 2.75) is 19.3 Å². The van der Waals surface area contributed by atoms with Crippen molar-refractivity contribution in [3.8, 4) is 0 Å². The number of rotatable bonds is 6. The molecule has 0 unspecified atom stereocenters. The second-order valence-corrected chi connectivity index (χ2v) is 5.85. The van der Waals surface area contributed by atoms with Crippen molar-refractivity contribution in [2.75, 3.05) is 16.0 Å². The van der Waals surface area contributed by atoms with E-state index in [1.807, 2.05) is 0 Å². The molecule has 0 amide bonds. The molecule has 0 saturated heterocycles. The third-order valence-corrected chi connectivity index (χ3v) is 3.45. The Hall–Kier alpha value is 0.660. The van der Waals surface area contributed by atoms with Crippen LogP contribution in [-0.4, -0.2) is 16.0 Å². The van der Waals surface area contributed by atoms with Gasteiger partial charge in [0.2, 0.25) is 0 Å². The Morgan fingerprint density at radius 3 is 1.07 bits per heavy atom. The normalized spacial score (nSPS) is 10.6. The van der Waals surface area contributed by atoms with Crippen LogP contribution in [0.25, 0.3) is 0 Å². The number of hydrogen-bond donors (Lipinski definition) is 0. The van der Waals surface area contributed by atoms with Crippen LogP contribution >= 0.6 is 47.8 Å². The summed E-state index contributed by atoms with van der Waals surface area (Å²) in [4.78, 5) is 0. The maximum Gasteiger partial charge on any atom is 0.00718 e. The summed E-state index contributed by atoms with van der Waals surface area (Å²) in [5.74, 6) is 0. The Morgan fingerprint density at radius 1 is 0.600 bits per heavy atom. The summed E-state index contributed by atoms with van der Waals surface area (Å²) in [5.41, 5.74) is 4.34. The summed E-state index contributed by atoms with van der Waals surface area (Å²) in [6, 6.07) is 6.96. The highest BCUT2D eigenvalue weighted by Gasteiger charge is 2.00. The third-order valence-electron chi connectivity index (χ3n) is 2.26. The number of alkyl halides is 3. The van der Waals surface area contributed by atoms with E-state index in [9.17, 15) is 0 Å². The molecule has 0 fully saturated rings. The van der Waals surface area contributed by atoms with Gasteiger partial charge in [-0.1, -0.05) is 66.0 Å². The molecule has 0 nitrogen and oxygen atoms in total. The third kappa shape index (κ3) is 5.01. The highest BCUT2D eigenvalue weighted by molar-refractivity contribution is 9.09. The fourth-order valence-electron chi connectivity index (χ4n) is 1.60. The average Bonchev–Trinajstić information content (AvgIpc) is 2.19. The minimum Gasteiger partial charge on any atom is -0.0924 e. The molecule has 3 heteroatoms. The minimum absolute atomic E-state index is 1.04. The molecule has 0 saturated carbocycles. The zero-order chi connectivity index (χ0) is 11.1. The highest BCUT2D eigenvalue weighted by atomic mass is 79.9. The second kappa shape index (κ2) is 7.86. The van der Waals surface area contributed by atoms with Crippen molar-refractivity contribution in [2.24, 2.45) is 0 Å². The van der Waals surface area contributed by atoms with E-state index >= 15 is 0 Å². The summed E-state index contributed by atoms with van der Waals surface area (Å²) in [6.07, 6.45) is 3.35. The topological polar surface area (TPSA) is 0 Å². The quantitative estimate of drug-likeness (QED) is 0.619. The predicted molar refractivity (Wildman–Crippen MR) is 78.9 cm³/mol. The van der Waals surface area contributed by atoms with Crippen molar-refractivity contribution >= 4 is 47.8 Å². The molecule has 0 aromatic heterocycles. The SMILES string of the molecule is BrCCc1cc(CCBr)cc(CCBr)c1. The van der Waals surface area contributed by atoms with E-state index < -0.39 is 0 Å². The van der Waals surface area contributed by atoms with Gasteiger partial charge in [0.1, 0.15) is 0 Å². The van der Waals surface area contributed by atoms with E-state index in [1.165, 1.54) is 16.7 Å². The first-order chi connectivity index (χ1) is 7.30. The zero-order valence-corrected chi connectivity index (χ0v) is 13.4. The molecule has 1 aromatic carbocycles. The monoisotopic (exact) mass is 396 g/mol. The maximum absolute atomic E-state index is 3.49. The fraction of sp³-hybridized carbons (Fsp3) is 0.500. The average molecular weight is 399 g/mol. The summed E-state index contributed by atoms with van der Waals surface area (Å²) in [6.45, 7) is 0. The van der Waals surface area contributed by atoms with Crippen molar-refractivity contribution in [1.29, 1.82) is 0 Å². The molecule has 0 aliphatic rings. The van der Waals surface area contributed by atoms with Gasteiger partial charge in [0.25, 0.3) is 0 Å². The molecule has 84 valence electrons. The molecule has 15 heavy (non-hydrogen) atoms. The van der Waals surface area contributed by atoms with E-state index in [1.54, 1.807) is 0 Å². The molecule has 0 aliphatic heterocycles. The molecule has 0 N–H and O–H groups in total. The lowest BCUT2D eigenvalue weighted by Gasteiger charge is -2.07. The van der Waals surface area contributed by atoms with Crippen molar-refractivity contribution in [3.63, 3.8) is 0 Å². The first kappa shape index (κ1) is 13.7. The van der Waals surface area contributed by atoms with Gasteiger partial charge in [-0.25, -0.2) is 0 Å². The lowest BCUT2D eigenvalue weighted by atomic mass is 10.0. The van der Waals surface area contributed by atoms with Gasteiger partial charge >= 0.3 is 0 Å². The lowest BCUT2D eigenvalue weighted by molar-refractivity contribution is 1.07. The molecule has 1 rings (SSSR count). The number of aryl methyl sites for hydroxylation is 3. The van der Waals surface area contributed by atoms with Crippen molar-refractivity contribution in [1.82, 2.24) is 0 Å². The Kier molecular flexibility index (Phi) is 7.19. The summed E-state index contributed by atoms with van der Waals surface area (Å²) in [5, 5.41) is 3.12. The van der Waals surface area contributed by atoms with Crippen LogP contribution in [0.5, 0.6) is 0 Å². The van der Waals surface area contributed by atoms with Crippen LogP contribution in [0.1, 0.15) is 16.7 Å². The Labute approximate surface area is 117 Å². The number of benzene rings is 1. The van der Waals surface area contributed by atoms with Gasteiger partial charge < -0.3 is 0 Å². The van der Waals surface area contributed by atoms with E-state index in [0.29, 0.717) is 0 Å². The first-order valence-electron chi connectivity index (χ1n) is 5.09. The van der Waals surface area contributed by atoms with Gasteiger partial charge in [0, 0.05) is 16.0 Å².